The second-order valence-electron chi connectivity index (χ2n) is 30.0. The van der Waals surface area contributed by atoms with Gasteiger partial charge in [-0.25, -0.2) is 0 Å². The molecule has 0 heterocycles. The molecule has 498 valence electrons. The Kier molecular flexibility index (Phi) is 14.7. The smallest absolute Gasteiger partial charge is 0.0171 e. The predicted molar refractivity (Wildman–Crippen MR) is 454 cm³/mol. The van der Waals surface area contributed by atoms with Crippen molar-refractivity contribution in [2.75, 3.05) is 0 Å². The molecule has 19 aromatic carbocycles. The third kappa shape index (κ3) is 9.96. The van der Waals surface area contributed by atoms with Crippen molar-refractivity contribution in [3.05, 3.63) is 398 Å². The lowest BCUT2D eigenvalue weighted by atomic mass is 9.77. The van der Waals surface area contributed by atoms with E-state index in [1.807, 2.05) is 0 Å². The predicted octanol–water partition coefficient (Wildman–Crippen LogP) is 29.4. The summed E-state index contributed by atoms with van der Waals surface area (Å²) in [5.74, 6) is 0. The maximum atomic E-state index is 2.40. The van der Waals surface area contributed by atoms with Gasteiger partial charge >= 0.3 is 0 Å². The summed E-state index contributed by atoms with van der Waals surface area (Å²) in [6.45, 7) is 9.60. The second-order valence-corrected chi connectivity index (χ2v) is 30.0. The first-order valence-electron chi connectivity index (χ1n) is 37.3. The van der Waals surface area contributed by atoms with Gasteiger partial charge in [0.2, 0.25) is 0 Å². The lowest BCUT2D eigenvalue weighted by Gasteiger charge is -2.26. The fourth-order valence-corrected chi connectivity index (χ4v) is 18.9. The molecule has 0 aliphatic heterocycles. The minimum absolute atomic E-state index is 0.123. The first-order chi connectivity index (χ1) is 52.1. The van der Waals surface area contributed by atoms with Crippen molar-refractivity contribution < 1.29 is 0 Å². The van der Waals surface area contributed by atoms with Crippen LogP contribution in [0, 0.1) is 0 Å². The van der Waals surface area contributed by atoms with Crippen LogP contribution in [0.3, 0.4) is 0 Å². The Morgan fingerprint density at radius 3 is 0.811 bits per heavy atom. The van der Waals surface area contributed by atoms with Crippen molar-refractivity contribution >= 4 is 75.4 Å². The van der Waals surface area contributed by atoms with Gasteiger partial charge in [0.1, 0.15) is 0 Å². The molecule has 0 aromatic heterocycles. The van der Waals surface area contributed by atoms with Gasteiger partial charge in [-0.05, 0) is 215 Å². The van der Waals surface area contributed by atoms with E-state index in [0.717, 1.165) is 0 Å². The van der Waals surface area contributed by atoms with Gasteiger partial charge in [0.15, 0.2) is 0 Å². The Balaban J connectivity index is 0.000000141. The SMILES string of the molecule is CC1(C)c2c(-c3ccc(-c4c5ccccc5c(-c5ccc(-c6ccccc6)cc5)c5ccccc45)cc3)cccc2-c2ccc3ccccc3c21.CC1(C)c2c(-c3ccc(-c4c5ccccc5c(-c5cccc(-c6cccc7ccccc67)c5)c5ccccc45)cc3)cccc2-c2ccc3ccccc3c21. The highest BCUT2D eigenvalue weighted by atomic mass is 14.4. The van der Waals surface area contributed by atoms with E-state index in [0.29, 0.717) is 0 Å². The van der Waals surface area contributed by atoms with Crippen molar-refractivity contribution in [1.82, 2.24) is 0 Å². The molecule has 0 fully saturated rings. The average Bonchev–Trinajstić information content (AvgIpc) is 1.52. The maximum Gasteiger partial charge on any atom is 0.0171 e. The van der Waals surface area contributed by atoms with Gasteiger partial charge in [0.05, 0.1) is 0 Å². The molecule has 0 bridgehead atoms. The molecule has 0 saturated carbocycles. The maximum absolute atomic E-state index is 2.40. The second kappa shape index (κ2) is 24.9. The van der Waals surface area contributed by atoms with Gasteiger partial charge < -0.3 is 0 Å². The molecular formula is C106H74. The molecule has 0 amide bonds. The lowest BCUT2D eigenvalue weighted by molar-refractivity contribution is 0.668. The third-order valence-electron chi connectivity index (χ3n) is 23.4. The van der Waals surface area contributed by atoms with Crippen LogP contribution in [-0.2, 0) is 10.8 Å². The Labute approximate surface area is 619 Å². The van der Waals surface area contributed by atoms with Gasteiger partial charge in [0.25, 0.3) is 0 Å². The minimum Gasteiger partial charge on any atom is -0.0622 e. The molecule has 0 spiro atoms. The Hall–Kier alpha value is -13.0. The Bertz CT molecular complexity index is 6640. The molecule has 0 saturated heterocycles. The lowest BCUT2D eigenvalue weighted by Crippen LogP contribution is -2.16. The van der Waals surface area contributed by atoms with Crippen LogP contribution < -0.4 is 0 Å². The zero-order chi connectivity index (χ0) is 70.8. The van der Waals surface area contributed by atoms with Crippen molar-refractivity contribution in [2.24, 2.45) is 0 Å². The summed E-state index contributed by atoms with van der Waals surface area (Å²) in [5, 5.41) is 18.0. The van der Waals surface area contributed by atoms with Crippen LogP contribution in [-0.4, -0.2) is 0 Å². The van der Waals surface area contributed by atoms with Gasteiger partial charge in [-0.15, -0.1) is 0 Å². The summed E-state index contributed by atoms with van der Waals surface area (Å²) in [6, 6.07) is 139. The van der Waals surface area contributed by atoms with E-state index < -0.39 is 0 Å². The fourth-order valence-electron chi connectivity index (χ4n) is 18.9. The van der Waals surface area contributed by atoms with Gasteiger partial charge in [-0.1, -0.05) is 398 Å². The van der Waals surface area contributed by atoms with Crippen LogP contribution in [0.25, 0.3) is 187 Å². The van der Waals surface area contributed by atoms with E-state index in [2.05, 4.69) is 404 Å². The third-order valence-corrected chi connectivity index (χ3v) is 23.4. The van der Waals surface area contributed by atoms with E-state index in [1.165, 1.54) is 209 Å². The van der Waals surface area contributed by atoms with Crippen LogP contribution in [0.15, 0.2) is 376 Å². The highest BCUT2D eigenvalue weighted by Crippen LogP contribution is 2.57. The molecule has 106 heavy (non-hydrogen) atoms. The van der Waals surface area contributed by atoms with Crippen molar-refractivity contribution in [1.29, 1.82) is 0 Å². The van der Waals surface area contributed by atoms with Gasteiger partial charge in [0, 0.05) is 10.8 Å². The molecule has 0 atom stereocenters. The molecule has 0 unspecified atom stereocenters. The van der Waals surface area contributed by atoms with E-state index in [-0.39, 0.29) is 10.8 Å². The van der Waals surface area contributed by atoms with E-state index in [1.54, 1.807) is 0 Å². The summed E-state index contributed by atoms with van der Waals surface area (Å²) in [6.07, 6.45) is 0. The largest absolute Gasteiger partial charge is 0.0622 e. The summed E-state index contributed by atoms with van der Waals surface area (Å²) in [4.78, 5) is 0. The molecule has 2 aliphatic carbocycles. The van der Waals surface area contributed by atoms with Crippen LogP contribution in [0.5, 0.6) is 0 Å². The molecule has 19 aromatic rings. The number of fused-ring (bicyclic) bond motifs is 15. The standard InChI is InChI=1S/C55H38.C51H36/c1-55(2)53-44(26-13-27-49(53)50-33-32-36-15-4-6-20-43(36)54(50)55)37-28-30-38(31-29-37)51-45-21-7-9-23-47(45)52(48-24-10-8-22-46(48)51)40-18-11-17-39(34-40)42-25-12-16-35-14-3-5-19-41(35)42;1-51(2)49-40(21-12-22-45(49)46-32-31-35-15-6-7-16-39(35)50(46)51)36-25-29-38(30-26-36)48-43-19-10-8-17-41(43)47(42-18-9-11-20-44(42)48)37-27-23-34(24-28-37)33-13-4-3-5-14-33/h3-34H,1-2H3;3-32H,1-2H3. The zero-order valence-corrected chi connectivity index (χ0v) is 59.8. The fraction of sp³-hybridized carbons (Fsp3) is 0.0566. The zero-order valence-electron chi connectivity index (χ0n) is 59.8. The van der Waals surface area contributed by atoms with Crippen LogP contribution in [0.1, 0.15) is 49.9 Å². The Morgan fingerprint density at radius 1 is 0.142 bits per heavy atom. The summed E-state index contributed by atoms with van der Waals surface area (Å²) in [5.41, 5.74) is 31.0. The van der Waals surface area contributed by atoms with Crippen LogP contribution in [0.4, 0.5) is 0 Å². The number of hydrogen-bond donors (Lipinski definition) is 0. The summed E-state index contributed by atoms with van der Waals surface area (Å²) in [7, 11) is 0. The molecule has 2 aliphatic rings. The normalized spacial score (nSPS) is 13.1. The van der Waals surface area contributed by atoms with Crippen LogP contribution >= 0.6 is 0 Å². The molecule has 0 heteroatoms. The molecule has 0 nitrogen and oxygen atoms in total. The number of rotatable bonds is 8. The van der Waals surface area contributed by atoms with Crippen molar-refractivity contribution in [3.63, 3.8) is 0 Å². The number of hydrogen-bond acceptors (Lipinski definition) is 0. The molecular weight excluding hydrogens is 1270 g/mol. The monoisotopic (exact) mass is 1350 g/mol. The first-order valence-corrected chi connectivity index (χ1v) is 37.3. The first kappa shape index (κ1) is 62.8. The molecule has 21 rings (SSSR count). The van der Waals surface area contributed by atoms with Gasteiger partial charge in [-0.2, -0.15) is 0 Å². The molecule has 0 N–H and O–H groups in total. The van der Waals surface area contributed by atoms with Gasteiger partial charge in [-0.3, -0.25) is 0 Å². The molecule has 0 radical (unpaired) electrons. The van der Waals surface area contributed by atoms with Crippen molar-refractivity contribution in [2.45, 2.75) is 38.5 Å². The van der Waals surface area contributed by atoms with E-state index in [9.17, 15) is 0 Å². The highest BCUT2D eigenvalue weighted by Gasteiger charge is 2.40. The highest BCUT2D eigenvalue weighted by molar-refractivity contribution is 6.23. The quantitative estimate of drug-likeness (QED) is 0.133. The van der Waals surface area contributed by atoms with Crippen molar-refractivity contribution in [3.8, 4) is 111 Å². The van der Waals surface area contributed by atoms with Crippen LogP contribution in [0.2, 0.25) is 0 Å². The number of benzene rings is 19. The summed E-state index contributed by atoms with van der Waals surface area (Å²) < 4.78 is 0. The summed E-state index contributed by atoms with van der Waals surface area (Å²) >= 11 is 0. The Morgan fingerprint density at radius 2 is 0.396 bits per heavy atom. The van der Waals surface area contributed by atoms with E-state index >= 15 is 0 Å². The topological polar surface area (TPSA) is 0 Å². The van der Waals surface area contributed by atoms with E-state index in [4.69, 9.17) is 0 Å². The minimum atomic E-state index is -0.131. The average molecular weight is 1350 g/mol.